The van der Waals surface area contributed by atoms with Crippen LogP contribution < -0.4 is 14.8 Å². The van der Waals surface area contributed by atoms with Gasteiger partial charge in [-0.3, -0.25) is 14.4 Å². The van der Waals surface area contributed by atoms with E-state index < -0.39 is 36.8 Å². The monoisotopic (exact) mass is 475 g/mol. The van der Waals surface area contributed by atoms with Gasteiger partial charge in [0.2, 0.25) is 0 Å². The van der Waals surface area contributed by atoms with Crippen molar-refractivity contribution in [3.8, 4) is 11.5 Å². The van der Waals surface area contributed by atoms with E-state index in [4.69, 9.17) is 14.2 Å². The molecular formula is C27H25NO7. The van der Waals surface area contributed by atoms with Crippen molar-refractivity contribution in [1.29, 1.82) is 0 Å². The van der Waals surface area contributed by atoms with Crippen LogP contribution in [0.5, 0.6) is 11.5 Å². The fourth-order valence-electron chi connectivity index (χ4n) is 2.93. The number of carbonyl (C=O) groups is 4. The minimum Gasteiger partial charge on any atom is -0.484 e. The molecule has 1 amide bonds. The summed E-state index contributed by atoms with van der Waals surface area (Å²) in [6.45, 7) is 2.64. The first-order valence-electron chi connectivity index (χ1n) is 10.8. The summed E-state index contributed by atoms with van der Waals surface area (Å²) in [5.41, 5.74) is 2.61. The Morgan fingerprint density at radius 2 is 1.43 bits per heavy atom. The summed E-state index contributed by atoms with van der Waals surface area (Å²) in [5.74, 6) is -1.35. The van der Waals surface area contributed by atoms with Gasteiger partial charge in [-0.1, -0.05) is 35.9 Å². The number of benzene rings is 3. The number of ketones is 1. The SMILES string of the molecule is Cc1ccc(C(=O)Oc2ccc(C(=O)COC(=O)CNC(=O)COc3ccccc3C)cc2)cc1. The number of aryl methyl sites for hydroxylation is 2. The molecule has 0 bridgehead atoms. The van der Waals surface area contributed by atoms with Crippen molar-refractivity contribution in [2.75, 3.05) is 19.8 Å². The van der Waals surface area contributed by atoms with Crippen LogP contribution in [0.2, 0.25) is 0 Å². The predicted octanol–water partition coefficient (Wildman–Crippen LogP) is 3.44. The van der Waals surface area contributed by atoms with Gasteiger partial charge in [0.25, 0.3) is 5.91 Å². The second-order valence-electron chi connectivity index (χ2n) is 7.69. The first-order valence-corrected chi connectivity index (χ1v) is 10.8. The molecule has 35 heavy (non-hydrogen) atoms. The van der Waals surface area contributed by atoms with E-state index in [1.807, 2.05) is 38.1 Å². The molecule has 0 heterocycles. The summed E-state index contributed by atoms with van der Waals surface area (Å²) < 4.78 is 15.6. The Balaban J connectivity index is 1.38. The smallest absolute Gasteiger partial charge is 0.343 e. The van der Waals surface area contributed by atoms with Gasteiger partial charge >= 0.3 is 11.9 Å². The maximum atomic E-state index is 12.3. The van der Waals surface area contributed by atoms with E-state index in [-0.39, 0.29) is 17.9 Å². The van der Waals surface area contributed by atoms with Crippen LogP contribution >= 0.6 is 0 Å². The molecule has 0 aromatic heterocycles. The van der Waals surface area contributed by atoms with Crippen molar-refractivity contribution in [2.45, 2.75) is 13.8 Å². The third kappa shape index (κ3) is 7.82. The van der Waals surface area contributed by atoms with Crippen LogP contribution in [0.1, 0.15) is 31.8 Å². The van der Waals surface area contributed by atoms with E-state index in [1.165, 1.54) is 24.3 Å². The highest BCUT2D eigenvalue weighted by Crippen LogP contribution is 2.16. The van der Waals surface area contributed by atoms with Gasteiger partial charge in [-0.25, -0.2) is 4.79 Å². The van der Waals surface area contributed by atoms with Crippen LogP contribution in [0, 0.1) is 13.8 Å². The number of carbonyl (C=O) groups excluding carboxylic acids is 4. The molecule has 3 aromatic rings. The number of amides is 1. The Morgan fingerprint density at radius 3 is 2.11 bits per heavy atom. The Kier molecular flexibility index (Phi) is 8.72. The zero-order valence-electron chi connectivity index (χ0n) is 19.4. The van der Waals surface area contributed by atoms with Crippen molar-refractivity contribution in [2.24, 2.45) is 0 Å². The van der Waals surface area contributed by atoms with E-state index in [0.717, 1.165) is 11.1 Å². The van der Waals surface area contributed by atoms with E-state index in [0.29, 0.717) is 11.3 Å². The number of Topliss-reactive ketones (excluding diaryl/α,β-unsaturated/α-hetero) is 1. The molecule has 0 aliphatic rings. The van der Waals surface area contributed by atoms with Gasteiger partial charge in [0, 0.05) is 5.56 Å². The molecule has 180 valence electrons. The molecule has 8 nitrogen and oxygen atoms in total. The Labute approximate surface area is 202 Å². The van der Waals surface area contributed by atoms with Crippen LogP contribution in [-0.4, -0.2) is 43.4 Å². The van der Waals surface area contributed by atoms with Crippen LogP contribution in [-0.2, 0) is 14.3 Å². The summed E-state index contributed by atoms with van der Waals surface area (Å²) in [5, 5.41) is 2.38. The zero-order chi connectivity index (χ0) is 25.2. The minimum absolute atomic E-state index is 0.252. The normalized spacial score (nSPS) is 10.2. The molecule has 0 saturated carbocycles. The fourth-order valence-corrected chi connectivity index (χ4v) is 2.93. The van der Waals surface area contributed by atoms with E-state index >= 15 is 0 Å². The molecule has 8 heteroatoms. The van der Waals surface area contributed by atoms with Crippen molar-refractivity contribution < 1.29 is 33.4 Å². The summed E-state index contributed by atoms with van der Waals surface area (Å²) in [4.78, 5) is 48.2. The second-order valence-corrected chi connectivity index (χ2v) is 7.69. The number of esters is 2. The van der Waals surface area contributed by atoms with Gasteiger partial charge in [-0.05, 0) is 61.9 Å². The van der Waals surface area contributed by atoms with Crippen LogP contribution in [0.3, 0.4) is 0 Å². The van der Waals surface area contributed by atoms with Crippen LogP contribution in [0.15, 0.2) is 72.8 Å². The first-order chi connectivity index (χ1) is 16.8. The highest BCUT2D eigenvalue weighted by molar-refractivity contribution is 5.98. The van der Waals surface area contributed by atoms with E-state index in [2.05, 4.69) is 5.32 Å². The Hall–Kier alpha value is -4.46. The molecule has 0 unspecified atom stereocenters. The van der Waals surface area contributed by atoms with Crippen LogP contribution in [0.25, 0.3) is 0 Å². The predicted molar refractivity (Wildman–Crippen MR) is 128 cm³/mol. The molecule has 3 aromatic carbocycles. The Morgan fingerprint density at radius 1 is 0.771 bits per heavy atom. The molecular weight excluding hydrogens is 450 g/mol. The average Bonchev–Trinajstić information content (AvgIpc) is 2.86. The summed E-state index contributed by atoms with van der Waals surface area (Å²) >= 11 is 0. The second kappa shape index (κ2) is 12.1. The minimum atomic E-state index is -0.758. The number of ether oxygens (including phenoxy) is 3. The van der Waals surface area contributed by atoms with Crippen molar-refractivity contribution in [1.82, 2.24) is 5.32 Å². The topological polar surface area (TPSA) is 108 Å². The van der Waals surface area contributed by atoms with Gasteiger partial charge in [0.15, 0.2) is 19.0 Å². The summed E-state index contributed by atoms with van der Waals surface area (Å²) in [7, 11) is 0. The molecule has 0 saturated heterocycles. The lowest BCUT2D eigenvalue weighted by Gasteiger charge is -2.09. The third-order valence-corrected chi connectivity index (χ3v) is 4.92. The number of rotatable bonds is 10. The molecule has 1 N–H and O–H groups in total. The van der Waals surface area contributed by atoms with Gasteiger partial charge < -0.3 is 19.5 Å². The molecule has 0 aliphatic carbocycles. The van der Waals surface area contributed by atoms with Gasteiger partial charge in [0.05, 0.1) is 5.56 Å². The van der Waals surface area contributed by atoms with Crippen molar-refractivity contribution in [3.05, 3.63) is 95.1 Å². The molecule has 0 fully saturated rings. The third-order valence-electron chi connectivity index (χ3n) is 4.92. The lowest BCUT2D eigenvalue weighted by atomic mass is 10.1. The lowest BCUT2D eigenvalue weighted by molar-refractivity contribution is -0.143. The maximum absolute atomic E-state index is 12.3. The zero-order valence-corrected chi connectivity index (χ0v) is 19.4. The lowest BCUT2D eigenvalue weighted by Crippen LogP contribution is -2.34. The molecule has 0 aliphatic heterocycles. The number of para-hydroxylation sites is 1. The van der Waals surface area contributed by atoms with Crippen molar-refractivity contribution >= 4 is 23.6 Å². The van der Waals surface area contributed by atoms with Crippen LogP contribution in [0.4, 0.5) is 0 Å². The standard InChI is InChI=1S/C27H25NO7/c1-18-7-9-21(10-8-18)27(32)35-22-13-11-20(12-14-22)23(29)16-34-26(31)15-28-25(30)17-33-24-6-4-3-5-19(24)2/h3-14H,15-17H2,1-2H3,(H,28,30). The first kappa shape index (κ1) is 25.2. The molecule has 0 atom stereocenters. The largest absolute Gasteiger partial charge is 0.484 e. The molecule has 0 radical (unpaired) electrons. The van der Waals surface area contributed by atoms with Gasteiger partial charge in [-0.2, -0.15) is 0 Å². The maximum Gasteiger partial charge on any atom is 0.343 e. The average molecular weight is 475 g/mol. The molecule has 0 spiro atoms. The summed E-state index contributed by atoms with van der Waals surface area (Å²) in [6.07, 6.45) is 0. The Bertz CT molecular complexity index is 1200. The molecule has 3 rings (SSSR count). The van der Waals surface area contributed by atoms with Crippen molar-refractivity contribution in [3.63, 3.8) is 0 Å². The quantitative estimate of drug-likeness (QED) is 0.272. The number of nitrogens with one attached hydrogen (secondary N) is 1. The highest BCUT2D eigenvalue weighted by Gasteiger charge is 2.13. The van der Waals surface area contributed by atoms with Gasteiger partial charge in [-0.15, -0.1) is 0 Å². The summed E-state index contributed by atoms with van der Waals surface area (Å²) in [6, 6.07) is 20.1. The fraction of sp³-hybridized carbons (Fsp3) is 0.185. The van der Waals surface area contributed by atoms with E-state index in [1.54, 1.807) is 24.3 Å². The number of hydrogen-bond donors (Lipinski definition) is 1. The highest BCUT2D eigenvalue weighted by atomic mass is 16.5. The van der Waals surface area contributed by atoms with E-state index in [9.17, 15) is 19.2 Å². The van der Waals surface area contributed by atoms with Gasteiger partial charge in [0.1, 0.15) is 18.0 Å². The number of hydrogen-bond acceptors (Lipinski definition) is 7.